The third-order valence-corrected chi connectivity index (χ3v) is 4.53. The van der Waals surface area contributed by atoms with E-state index in [1.165, 1.54) is 5.56 Å². The van der Waals surface area contributed by atoms with Crippen LogP contribution in [0.25, 0.3) is 0 Å². The molecule has 0 aliphatic heterocycles. The summed E-state index contributed by atoms with van der Waals surface area (Å²) in [6.45, 7) is 0.935. The van der Waals surface area contributed by atoms with Gasteiger partial charge in [0.1, 0.15) is 0 Å². The Morgan fingerprint density at radius 3 is 2.50 bits per heavy atom. The van der Waals surface area contributed by atoms with Crippen LogP contribution in [0.1, 0.15) is 37.7 Å². The molecule has 0 saturated heterocycles. The van der Waals surface area contributed by atoms with Gasteiger partial charge in [-0.25, -0.2) is 4.79 Å². The van der Waals surface area contributed by atoms with Gasteiger partial charge in [0, 0.05) is 24.2 Å². The van der Waals surface area contributed by atoms with Crippen LogP contribution in [-0.4, -0.2) is 30.3 Å². The summed E-state index contributed by atoms with van der Waals surface area (Å²) in [7, 11) is 0. The topological polar surface area (TPSA) is 61.4 Å². The average molecular weight is 325 g/mol. The van der Waals surface area contributed by atoms with Crippen molar-refractivity contribution in [2.75, 3.05) is 13.2 Å². The molecule has 22 heavy (non-hydrogen) atoms. The Labute approximate surface area is 137 Å². The number of hydrogen-bond acceptors (Lipinski definition) is 2. The third-order valence-electron chi connectivity index (χ3n) is 4.28. The van der Waals surface area contributed by atoms with E-state index in [1.807, 2.05) is 24.3 Å². The van der Waals surface area contributed by atoms with Crippen LogP contribution >= 0.6 is 11.6 Å². The van der Waals surface area contributed by atoms with Gasteiger partial charge in [-0.15, -0.1) is 0 Å². The largest absolute Gasteiger partial charge is 0.396 e. The zero-order valence-electron chi connectivity index (χ0n) is 12.9. The number of halogens is 1. The summed E-state index contributed by atoms with van der Waals surface area (Å²) in [5.41, 5.74) is 1.23. The van der Waals surface area contributed by atoms with Crippen molar-refractivity contribution in [3.8, 4) is 0 Å². The molecule has 1 aromatic carbocycles. The average Bonchev–Trinajstić information content (AvgIpc) is 2.54. The van der Waals surface area contributed by atoms with Crippen LogP contribution in [0.3, 0.4) is 0 Å². The number of amides is 2. The first kappa shape index (κ1) is 17.1. The Morgan fingerprint density at radius 1 is 1.18 bits per heavy atom. The molecule has 4 nitrogen and oxygen atoms in total. The molecule has 0 spiro atoms. The lowest BCUT2D eigenvalue weighted by Crippen LogP contribution is -2.44. The second-order valence-electron chi connectivity index (χ2n) is 6.03. The number of aliphatic hydroxyl groups is 1. The van der Waals surface area contributed by atoms with Gasteiger partial charge in [0.05, 0.1) is 0 Å². The highest BCUT2D eigenvalue weighted by molar-refractivity contribution is 6.30. The van der Waals surface area contributed by atoms with Gasteiger partial charge in [-0.1, -0.05) is 23.7 Å². The van der Waals surface area contributed by atoms with Gasteiger partial charge in [-0.3, -0.25) is 0 Å². The molecule has 0 heterocycles. The van der Waals surface area contributed by atoms with Crippen molar-refractivity contribution < 1.29 is 9.90 Å². The predicted octanol–water partition coefficient (Wildman–Crippen LogP) is 3.12. The van der Waals surface area contributed by atoms with E-state index in [4.69, 9.17) is 16.7 Å². The van der Waals surface area contributed by atoms with E-state index in [2.05, 4.69) is 10.6 Å². The molecule has 0 unspecified atom stereocenters. The molecule has 2 amide bonds. The van der Waals surface area contributed by atoms with Gasteiger partial charge in [0.25, 0.3) is 0 Å². The molecule has 1 aliphatic carbocycles. The molecule has 1 aliphatic rings. The monoisotopic (exact) mass is 324 g/mol. The van der Waals surface area contributed by atoms with Gasteiger partial charge >= 0.3 is 6.03 Å². The van der Waals surface area contributed by atoms with Crippen molar-refractivity contribution >= 4 is 17.6 Å². The van der Waals surface area contributed by atoms with E-state index < -0.39 is 0 Å². The Kier molecular flexibility index (Phi) is 7.00. The SMILES string of the molecule is O=C(NCCCc1ccc(Cl)cc1)NC1CCC(CO)CC1. The first-order valence-electron chi connectivity index (χ1n) is 8.07. The number of aliphatic hydroxyl groups excluding tert-OH is 1. The van der Waals surface area contributed by atoms with E-state index in [9.17, 15) is 4.79 Å². The first-order valence-corrected chi connectivity index (χ1v) is 8.45. The van der Waals surface area contributed by atoms with Crippen LogP contribution in [0, 0.1) is 5.92 Å². The summed E-state index contributed by atoms with van der Waals surface area (Å²) in [5.74, 6) is 0.417. The Morgan fingerprint density at radius 2 is 1.86 bits per heavy atom. The highest BCUT2D eigenvalue weighted by Gasteiger charge is 2.21. The quantitative estimate of drug-likeness (QED) is 0.704. The van der Waals surface area contributed by atoms with Gasteiger partial charge < -0.3 is 15.7 Å². The molecular weight excluding hydrogens is 300 g/mol. The minimum atomic E-state index is -0.0800. The molecule has 0 atom stereocenters. The van der Waals surface area contributed by atoms with Crippen molar-refractivity contribution in [2.24, 2.45) is 5.92 Å². The van der Waals surface area contributed by atoms with Crippen molar-refractivity contribution in [1.82, 2.24) is 10.6 Å². The highest BCUT2D eigenvalue weighted by atomic mass is 35.5. The fourth-order valence-electron chi connectivity index (χ4n) is 2.87. The van der Waals surface area contributed by atoms with Gasteiger partial charge in [0.2, 0.25) is 0 Å². The van der Waals surface area contributed by atoms with E-state index >= 15 is 0 Å². The van der Waals surface area contributed by atoms with E-state index in [0.717, 1.165) is 43.5 Å². The molecule has 5 heteroatoms. The molecule has 3 N–H and O–H groups in total. The normalized spacial score (nSPS) is 21.4. The van der Waals surface area contributed by atoms with E-state index in [-0.39, 0.29) is 18.7 Å². The van der Waals surface area contributed by atoms with Crippen LogP contribution in [0.4, 0.5) is 4.79 Å². The number of urea groups is 1. The fraction of sp³-hybridized carbons (Fsp3) is 0.588. The summed E-state index contributed by atoms with van der Waals surface area (Å²) < 4.78 is 0. The summed E-state index contributed by atoms with van der Waals surface area (Å²) >= 11 is 5.85. The smallest absolute Gasteiger partial charge is 0.315 e. The highest BCUT2D eigenvalue weighted by Crippen LogP contribution is 2.23. The lowest BCUT2D eigenvalue weighted by Gasteiger charge is -2.27. The lowest BCUT2D eigenvalue weighted by molar-refractivity contribution is 0.174. The van der Waals surface area contributed by atoms with Gasteiger partial charge in [-0.05, 0) is 62.1 Å². The molecule has 0 bridgehead atoms. The minimum Gasteiger partial charge on any atom is -0.396 e. The molecule has 1 saturated carbocycles. The number of benzene rings is 1. The van der Waals surface area contributed by atoms with Crippen LogP contribution in [-0.2, 0) is 6.42 Å². The van der Waals surface area contributed by atoms with E-state index in [0.29, 0.717) is 12.5 Å². The van der Waals surface area contributed by atoms with Crippen LogP contribution < -0.4 is 10.6 Å². The van der Waals surface area contributed by atoms with Gasteiger partial charge in [-0.2, -0.15) is 0 Å². The maximum atomic E-state index is 11.8. The summed E-state index contributed by atoms with van der Waals surface area (Å²) in [6, 6.07) is 7.98. The zero-order chi connectivity index (χ0) is 15.8. The number of carbonyl (C=O) groups excluding carboxylic acids is 1. The maximum Gasteiger partial charge on any atom is 0.315 e. The molecule has 1 aromatic rings. The number of carbonyl (C=O) groups is 1. The summed E-state index contributed by atoms with van der Waals surface area (Å²) in [5, 5.41) is 15.8. The second-order valence-corrected chi connectivity index (χ2v) is 6.47. The molecule has 0 radical (unpaired) electrons. The zero-order valence-corrected chi connectivity index (χ0v) is 13.6. The number of aryl methyl sites for hydroxylation is 1. The fourth-order valence-corrected chi connectivity index (χ4v) is 3.00. The number of hydrogen-bond donors (Lipinski definition) is 3. The molecule has 0 aromatic heterocycles. The molecular formula is C17H25ClN2O2. The Bertz CT molecular complexity index is 456. The minimum absolute atomic E-state index is 0.0800. The third kappa shape index (κ3) is 5.85. The van der Waals surface area contributed by atoms with Gasteiger partial charge in [0.15, 0.2) is 0 Å². The lowest BCUT2D eigenvalue weighted by atomic mass is 9.87. The Balaban J connectivity index is 1.57. The number of rotatable bonds is 6. The molecule has 2 rings (SSSR count). The van der Waals surface area contributed by atoms with Crippen molar-refractivity contribution in [1.29, 1.82) is 0 Å². The van der Waals surface area contributed by atoms with Crippen LogP contribution in [0.15, 0.2) is 24.3 Å². The maximum absolute atomic E-state index is 11.8. The standard InChI is InChI=1S/C17H25ClN2O2/c18-15-7-3-13(4-8-15)2-1-11-19-17(22)20-16-9-5-14(12-21)6-10-16/h3-4,7-8,14,16,21H,1-2,5-6,9-12H2,(H2,19,20,22). The Hall–Kier alpha value is -1.26. The van der Waals surface area contributed by atoms with Crippen molar-refractivity contribution in [3.05, 3.63) is 34.9 Å². The van der Waals surface area contributed by atoms with Crippen LogP contribution in [0.5, 0.6) is 0 Å². The number of nitrogens with one attached hydrogen (secondary N) is 2. The summed E-state index contributed by atoms with van der Waals surface area (Å²) in [6.07, 6.45) is 5.76. The predicted molar refractivity (Wildman–Crippen MR) is 89.1 cm³/mol. The van der Waals surface area contributed by atoms with E-state index in [1.54, 1.807) is 0 Å². The van der Waals surface area contributed by atoms with Crippen molar-refractivity contribution in [2.45, 2.75) is 44.6 Å². The first-order chi connectivity index (χ1) is 10.7. The molecule has 122 valence electrons. The summed E-state index contributed by atoms with van der Waals surface area (Å²) in [4.78, 5) is 11.8. The molecule has 1 fully saturated rings. The van der Waals surface area contributed by atoms with Crippen molar-refractivity contribution in [3.63, 3.8) is 0 Å². The van der Waals surface area contributed by atoms with Crippen LogP contribution in [0.2, 0.25) is 5.02 Å². The second kappa shape index (κ2) is 9.01.